The number of rotatable bonds is 7. The van der Waals surface area contributed by atoms with Crippen LogP contribution in [0, 0.1) is 0 Å². The van der Waals surface area contributed by atoms with Gasteiger partial charge in [0.25, 0.3) is 0 Å². The maximum absolute atomic E-state index is 12.9. The number of halogens is 3. The summed E-state index contributed by atoms with van der Waals surface area (Å²) in [5.74, 6) is 0.626. The number of benzene rings is 2. The summed E-state index contributed by atoms with van der Waals surface area (Å²) in [6.45, 7) is 0.0468. The summed E-state index contributed by atoms with van der Waals surface area (Å²) in [7, 11) is 2.96. The van der Waals surface area contributed by atoms with E-state index in [1.807, 2.05) is 0 Å². The molecule has 0 spiro atoms. The minimum atomic E-state index is -4.46. The van der Waals surface area contributed by atoms with Crippen molar-refractivity contribution in [1.82, 2.24) is 0 Å². The van der Waals surface area contributed by atoms with Gasteiger partial charge in [-0.15, -0.1) is 0 Å². The fourth-order valence-corrected chi connectivity index (χ4v) is 2.32. The average molecular weight is 368 g/mol. The molecule has 0 fully saturated rings. The predicted molar refractivity (Wildman–Crippen MR) is 92.7 cm³/mol. The molecule has 2 N–H and O–H groups in total. The van der Waals surface area contributed by atoms with Crippen LogP contribution in [0.4, 0.5) is 24.5 Å². The Labute approximate surface area is 149 Å². The molecule has 0 saturated heterocycles. The zero-order chi connectivity index (χ0) is 19.2. The van der Waals surface area contributed by atoms with Crippen molar-refractivity contribution >= 4 is 17.3 Å². The second-order valence-corrected chi connectivity index (χ2v) is 5.33. The highest BCUT2D eigenvalue weighted by Gasteiger charge is 2.33. The number of methoxy groups -OCH3 is 2. The Balaban J connectivity index is 1.97. The number of para-hydroxylation sites is 1. The summed E-state index contributed by atoms with van der Waals surface area (Å²) in [6.07, 6.45) is -4.48. The molecular weight excluding hydrogens is 349 g/mol. The Morgan fingerprint density at radius 2 is 1.77 bits per heavy atom. The Kier molecular flexibility index (Phi) is 6.32. The van der Waals surface area contributed by atoms with Crippen LogP contribution in [0.15, 0.2) is 42.5 Å². The zero-order valence-electron chi connectivity index (χ0n) is 14.3. The van der Waals surface area contributed by atoms with E-state index in [9.17, 15) is 18.0 Å². The molecule has 5 nitrogen and oxygen atoms in total. The van der Waals surface area contributed by atoms with Gasteiger partial charge in [0, 0.05) is 24.7 Å². The molecule has 140 valence electrons. The van der Waals surface area contributed by atoms with Crippen molar-refractivity contribution in [2.45, 2.75) is 12.6 Å². The SMILES string of the molecule is COc1ccc(OC)c(NC(=O)CCNc2ccccc2C(F)(F)F)c1. The summed E-state index contributed by atoms with van der Waals surface area (Å²) in [5, 5.41) is 5.31. The van der Waals surface area contributed by atoms with Crippen molar-refractivity contribution in [2.24, 2.45) is 0 Å². The molecule has 0 atom stereocenters. The number of hydrogen-bond donors (Lipinski definition) is 2. The van der Waals surface area contributed by atoms with Gasteiger partial charge in [-0.3, -0.25) is 4.79 Å². The summed E-state index contributed by atoms with van der Waals surface area (Å²) < 4.78 is 49.1. The molecule has 0 heterocycles. The van der Waals surface area contributed by atoms with Crippen LogP contribution in [0.3, 0.4) is 0 Å². The first-order valence-electron chi connectivity index (χ1n) is 7.77. The van der Waals surface area contributed by atoms with Gasteiger partial charge in [0.05, 0.1) is 25.5 Å². The first-order chi connectivity index (χ1) is 12.3. The fraction of sp³-hybridized carbons (Fsp3) is 0.278. The van der Waals surface area contributed by atoms with Crippen LogP contribution in [0.25, 0.3) is 0 Å². The van der Waals surface area contributed by atoms with E-state index < -0.39 is 11.7 Å². The van der Waals surface area contributed by atoms with Crippen molar-refractivity contribution in [3.05, 3.63) is 48.0 Å². The Hall–Kier alpha value is -2.90. The highest BCUT2D eigenvalue weighted by Crippen LogP contribution is 2.34. The molecule has 0 saturated carbocycles. The molecule has 0 aromatic heterocycles. The van der Waals surface area contributed by atoms with Crippen molar-refractivity contribution < 1.29 is 27.4 Å². The second-order valence-electron chi connectivity index (χ2n) is 5.33. The Morgan fingerprint density at radius 1 is 1.04 bits per heavy atom. The lowest BCUT2D eigenvalue weighted by Crippen LogP contribution is -2.18. The van der Waals surface area contributed by atoms with E-state index in [-0.39, 0.29) is 24.6 Å². The molecule has 26 heavy (non-hydrogen) atoms. The molecular formula is C18H19F3N2O3. The largest absolute Gasteiger partial charge is 0.497 e. The standard InChI is InChI=1S/C18H19F3N2O3/c1-25-12-7-8-16(26-2)15(11-12)23-17(24)9-10-22-14-6-4-3-5-13(14)18(19,20)21/h3-8,11,22H,9-10H2,1-2H3,(H,23,24). The normalized spacial score (nSPS) is 11.0. The quantitative estimate of drug-likeness (QED) is 0.770. The maximum Gasteiger partial charge on any atom is 0.418 e. The summed E-state index contributed by atoms with van der Waals surface area (Å²) in [4.78, 5) is 12.1. The third-order valence-corrected chi connectivity index (χ3v) is 3.58. The highest BCUT2D eigenvalue weighted by molar-refractivity contribution is 5.92. The number of ether oxygens (including phenoxy) is 2. The fourth-order valence-electron chi connectivity index (χ4n) is 2.32. The van der Waals surface area contributed by atoms with Gasteiger partial charge in [-0.1, -0.05) is 12.1 Å². The van der Waals surface area contributed by atoms with E-state index in [2.05, 4.69) is 10.6 Å². The first kappa shape index (κ1) is 19.4. The number of carbonyl (C=O) groups excluding carboxylic acids is 1. The monoisotopic (exact) mass is 368 g/mol. The van der Waals surface area contributed by atoms with Crippen LogP contribution in [-0.2, 0) is 11.0 Å². The molecule has 0 aliphatic rings. The average Bonchev–Trinajstić information content (AvgIpc) is 2.61. The van der Waals surface area contributed by atoms with Crippen LogP contribution in [-0.4, -0.2) is 26.7 Å². The highest BCUT2D eigenvalue weighted by atomic mass is 19.4. The van der Waals surface area contributed by atoms with Crippen LogP contribution >= 0.6 is 0 Å². The number of carbonyl (C=O) groups is 1. The lowest BCUT2D eigenvalue weighted by molar-refractivity contribution is -0.137. The molecule has 8 heteroatoms. The van der Waals surface area contributed by atoms with Gasteiger partial charge in [0.2, 0.25) is 5.91 Å². The molecule has 1 amide bonds. The van der Waals surface area contributed by atoms with E-state index in [4.69, 9.17) is 9.47 Å². The molecule has 0 aliphatic carbocycles. The van der Waals surface area contributed by atoms with E-state index in [0.717, 1.165) is 6.07 Å². The molecule has 0 radical (unpaired) electrons. The molecule has 2 aromatic rings. The maximum atomic E-state index is 12.9. The van der Waals surface area contributed by atoms with E-state index in [0.29, 0.717) is 17.2 Å². The number of nitrogens with one attached hydrogen (secondary N) is 2. The van der Waals surface area contributed by atoms with E-state index in [1.165, 1.54) is 32.4 Å². The Bertz CT molecular complexity index is 764. The van der Waals surface area contributed by atoms with Crippen LogP contribution < -0.4 is 20.1 Å². The topological polar surface area (TPSA) is 59.6 Å². The van der Waals surface area contributed by atoms with Crippen molar-refractivity contribution in [3.63, 3.8) is 0 Å². The lowest BCUT2D eigenvalue weighted by Gasteiger charge is -2.15. The van der Waals surface area contributed by atoms with Crippen molar-refractivity contribution in [1.29, 1.82) is 0 Å². The van der Waals surface area contributed by atoms with Crippen LogP contribution in [0.1, 0.15) is 12.0 Å². The second kappa shape index (κ2) is 8.46. The summed E-state index contributed by atoms with van der Waals surface area (Å²) in [6, 6.07) is 10.1. The smallest absolute Gasteiger partial charge is 0.418 e. The number of alkyl halides is 3. The summed E-state index contributed by atoms with van der Waals surface area (Å²) in [5.41, 5.74) is -0.408. The Morgan fingerprint density at radius 3 is 2.42 bits per heavy atom. The van der Waals surface area contributed by atoms with Gasteiger partial charge in [-0.2, -0.15) is 13.2 Å². The van der Waals surface area contributed by atoms with Crippen LogP contribution in [0.5, 0.6) is 11.5 Å². The lowest BCUT2D eigenvalue weighted by atomic mass is 10.1. The molecule has 0 unspecified atom stereocenters. The third kappa shape index (κ3) is 5.05. The van der Waals surface area contributed by atoms with Gasteiger partial charge in [-0.25, -0.2) is 0 Å². The summed E-state index contributed by atoms with van der Waals surface area (Å²) >= 11 is 0. The van der Waals surface area contributed by atoms with E-state index in [1.54, 1.807) is 18.2 Å². The van der Waals surface area contributed by atoms with Gasteiger partial charge >= 0.3 is 6.18 Å². The van der Waals surface area contributed by atoms with Crippen molar-refractivity contribution in [3.8, 4) is 11.5 Å². The number of anilines is 2. The van der Waals surface area contributed by atoms with E-state index >= 15 is 0 Å². The molecule has 2 aromatic carbocycles. The third-order valence-electron chi connectivity index (χ3n) is 3.58. The number of amides is 1. The minimum Gasteiger partial charge on any atom is -0.497 e. The minimum absolute atomic E-state index is 0.0213. The molecule has 2 rings (SSSR count). The number of hydrogen-bond acceptors (Lipinski definition) is 4. The zero-order valence-corrected chi connectivity index (χ0v) is 14.3. The van der Waals surface area contributed by atoms with Crippen molar-refractivity contribution in [2.75, 3.05) is 31.4 Å². The van der Waals surface area contributed by atoms with Gasteiger partial charge in [0.1, 0.15) is 11.5 Å². The molecule has 0 aliphatic heterocycles. The molecule has 0 bridgehead atoms. The van der Waals surface area contributed by atoms with Crippen LogP contribution in [0.2, 0.25) is 0 Å². The predicted octanol–water partition coefficient (Wildman–Crippen LogP) is 4.16. The first-order valence-corrected chi connectivity index (χ1v) is 7.77. The van der Waals surface area contributed by atoms with Gasteiger partial charge in [0.15, 0.2) is 0 Å². The van der Waals surface area contributed by atoms with Gasteiger partial charge < -0.3 is 20.1 Å². The van der Waals surface area contributed by atoms with Gasteiger partial charge in [-0.05, 0) is 24.3 Å².